The summed E-state index contributed by atoms with van der Waals surface area (Å²) in [5.41, 5.74) is 0. The molecular formula is C14H23N5O2S. The minimum absolute atomic E-state index is 0.0276. The fourth-order valence-electron chi connectivity index (χ4n) is 2.54. The molecule has 2 rings (SSSR count). The van der Waals surface area contributed by atoms with Gasteiger partial charge in [-0.1, -0.05) is 31.6 Å². The first kappa shape index (κ1) is 16.8. The zero-order chi connectivity index (χ0) is 15.9. The Hall–Kier alpha value is -1.54. The third-order valence-corrected chi connectivity index (χ3v) is 4.79. The highest BCUT2D eigenvalue weighted by Crippen LogP contribution is 2.18. The second-order valence-electron chi connectivity index (χ2n) is 5.33. The fraction of sp³-hybridized carbons (Fsp3) is 0.714. The molecule has 1 fully saturated rings. The van der Waals surface area contributed by atoms with Crippen LogP contribution in [-0.2, 0) is 16.0 Å². The minimum atomic E-state index is -0.173. The number of piperazine rings is 1. The van der Waals surface area contributed by atoms with Crippen LogP contribution in [0.2, 0.25) is 0 Å². The summed E-state index contributed by atoms with van der Waals surface area (Å²) >= 11 is 1.42. The molecule has 0 spiro atoms. The van der Waals surface area contributed by atoms with Gasteiger partial charge < -0.3 is 4.90 Å². The van der Waals surface area contributed by atoms with Crippen LogP contribution in [0, 0.1) is 0 Å². The van der Waals surface area contributed by atoms with E-state index in [-0.39, 0.29) is 11.9 Å². The molecule has 122 valence electrons. The van der Waals surface area contributed by atoms with Crippen molar-refractivity contribution in [2.45, 2.75) is 39.2 Å². The molecule has 7 nitrogen and oxygen atoms in total. The Labute approximate surface area is 134 Å². The van der Waals surface area contributed by atoms with Gasteiger partial charge in [0.25, 0.3) is 0 Å². The lowest BCUT2D eigenvalue weighted by Gasteiger charge is -2.37. The highest BCUT2D eigenvalue weighted by Gasteiger charge is 2.28. The predicted octanol–water partition coefficient (Wildman–Crippen LogP) is 0.982. The highest BCUT2D eigenvalue weighted by atomic mass is 32.1. The van der Waals surface area contributed by atoms with Crippen molar-refractivity contribution in [1.29, 1.82) is 0 Å². The van der Waals surface area contributed by atoms with E-state index in [0.29, 0.717) is 18.2 Å². The molecule has 1 N–H and O–H groups in total. The molecule has 2 amide bonds. The molecule has 0 bridgehead atoms. The molecule has 0 saturated carbocycles. The van der Waals surface area contributed by atoms with Gasteiger partial charge in [-0.05, 0) is 12.8 Å². The summed E-state index contributed by atoms with van der Waals surface area (Å²) in [5, 5.41) is 12.4. The van der Waals surface area contributed by atoms with Gasteiger partial charge in [-0.2, -0.15) is 0 Å². The van der Waals surface area contributed by atoms with Crippen molar-refractivity contribution in [3.63, 3.8) is 0 Å². The van der Waals surface area contributed by atoms with Gasteiger partial charge in [0.2, 0.25) is 17.4 Å². The van der Waals surface area contributed by atoms with Crippen LogP contribution in [0.4, 0.5) is 5.13 Å². The second kappa shape index (κ2) is 8.19. The van der Waals surface area contributed by atoms with Crippen LogP contribution in [-0.4, -0.2) is 64.5 Å². The molecule has 8 heteroatoms. The summed E-state index contributed by atoms with van der Waals surface area (Å²) in [7, 11) is 0. The first-order valence-electron chi connectivity index (χ1n) is 7.74. The van der Waals surface area contributed by atoms with Crippen LogP contribution in [0.1, 0.15) is 31.7 Å². The molecule has 1 aromatic heterocycles. The van der Waals surface area contributed by atoms with Crippen molar-refractivity contribution in [3.05, 3.63) is 5.01 Å². The molecule has 1 aliphatic rings. The van der Waals surface area contributed by atoms with Crippen LogP contribution in [0.5, 0.6) is 0 Å². The van der Waals surface area contributed by atoms with Gasteiger partial charge in [-0.3, -0.25) is 19.8 Å². The van der Waals surface area contributed by atoms with Gasteiger partial charge in [0.05, 0.1) is 6.04 Å². The largest absolute Gasteiger partial charge is 0.343 e. The number of rotatable bonds is 7. The molecule has 0 radical (unpaired) electrons. The summed E-state index contributed by atoms with van der Waals surface area (Å²) in [6.45, 7) is 6.90. The molecular weight excluding hydrogens is 302 g/mol. The Morgan fingerprint density at radius 3 is 2.59 bits per heavy atom. The monoisotopic (exact) mass is 325 g/mol. The first-order valence-corrected chi connectivity index (χ1v) is 8.56. The van der Waals surface area contributed by atoms with Crippen LogP contribution in [0.3, 0.4) is 0 Å². The van der Waals surface area contributed by atoms with E-state index in [1.807, 2.05) is 6.92 Å². The topological polar surface area (TPSA) is 78.4 Å². The van der Waals surface area contributed by atoms with Gasteiger partial charge in [-0.25, -0.2) is 0 Å². The maximum atomic E-state index is 12.6. The number of aromatic nitrogens is 2. The van der Waals surface area contributed by atoms with E-state index in [0.717, 1.165) is 43.8 Å². The highest BCUT2D eigenvalue weighted by molar-refractivity contribution is 7.15. The van der Waals surface area contributed by atoms with Crippen molar-refractivity contribution in [2.75, 3.05) is 31.5 Å². The summed E-state index contributed by atoms with van der Waals surface area (Å²) in [5.74, 6) is -0.0276. The molecule has 22 heavy (non-hydrogen) atoms. The van der Waals surface area contributed by atoms with E-state index >= 15 is 0 Å². The zero-order valence-corrected chi connectivity index (χ0v) is 13.9. The maximum absolute atomic E-state index is 12.6. The lowest BCUT2D eigenvalue weighted by molar-refractivity contribution is -0.124. The van der Waals surface area contributed by atoms with E-state index in [4.69, 9.17) is 0 Å². The van der Waals surface area contributed by atoms with Crippen molar-refractivity contribution in [1.82, 2.24) is 20.0 Å². The first-order chi connectivity index (χ1) is 10.7. The number of carbonyl (C=O) groups excluding carboxylic acids is 2. The summed E-state index contributed by atoms with van der Waals surface area (Å²) in [4.78, 5) is 27.2. The van der Waals surface area contributed by atoms with Crippen molar-refractivity contribution in [3.8, 4) is 0 Å². The van der Waals surface area contributed by atoms with E-state index in [1.165, 1.54) is 11.3 Å². The molecule has 1 unspecified atom stereocenters. The van der Waals surface area contributed by atoms with Gasteiger partial charge >= 0.3 is 0 Å². The Bertz CT molecular complexity index is 499. The smallest absolute Gasteiger partial charge is 0.243 e. The van der Waals surface area contributed by atoms with Gasteiger partial charge in [-0.15, -0.1) is 10.2 Å². The Morgan fingerprint density at radius 1 is 1.32 bits per heavy atom. The number of carbonyl (C=O) groups is 2. The fourth-order valence-corrected chi connectivity index (χ4v) is 3.23. The molecule has 0 aliphatic carbocycles. The minimum Gasteiger partial charge on any atom is -0.343 e. The standard InChI is InChI=1S/C14H23N5O2S/c1-3-5-11(19-8-6-18(10-20)7-9-19)13(21)15-14-17-16-12(4-2)22-14/h10-11H,3-9H2,1-2H3,(H,15,17,21). The number of amides is 2. The van der Waals surface area contributed by atoms with Gasteiger partial charge in [0.15, 0.2) is 0 Å². The third-order valence-electron chi connectivity index (χ3n) is 3.80. The average molecular weight is 325 g/mol. The maximum Gasteiger partial charge on any atom is 0.243 e. The zero-order valence-electron chi connectivity index (χ0n) is 13.1. The summed E-state index contributed by atoms with van der Waals surface area (Å²) < 4.78 is 0. The van der Waals surface area contributed by atoms with Crippen molar-refractivity contribution in [2.24, 2.45) is 0 Å². The van der Waals surface area contributed by atoms with Crippen molar-refractivity contribution >= 4 is 28.8 Å². The van der Waals surface area contributed by atoms with Gasteiger partial charge in [0, 0.05) is 26.2 Å². The Kier molecular flexibility index (Phi) is 6.26. The van der Waals surface area contributed by atoms with Crippen LogP contribution < -0.4 is 5.32 Å². The van der Waals surface area contributed by atoms with Gasteiger partial charge in [0.1, 0.15) is 5.01 Å². The number of aryl methyl sites for hydroxylation is 1. The summed E-state index contributed by atoms with van der Waals surface area (Å²) in [6, 6.07) is -0.173. The molecule has 1 saturated heterocycles. The number of nitrogens with one attached hydrogen (secondary N) is 1. The number of nitrogens with zero attached hydrogens (tertiary/aromatic N) is 4. The molecule has 2 heterocycles. The second-order valence-corrected chi connectivity index (χ2v) is 6.39. The molecule has 1 aromatic rings. The third kappa shape index (κ3) is 4.23. The number of hydrogen-bond donors (Lipinski definition) is 1. The summed E-state index contributed by atoms with van der Waals surface area (Å²) in [6.07, 6.45) is 3.42. The molecule has 1 aliphatic heterocycles. The van der Waals surface area contributed by atoms with E-state index in [2.05, 4.69) is 27.3 Å². The Morgan fingerprint density at radius 2 is 2.05 bits per heavy atom. The number of anilines is 1. The van der Waals surface area contributed by atoms with Crippen LogP contribution >= 0.6 is 11.3 Å². The predicted molar refractivity (Wildman–Crippen MR) is 85.8 cm³/mol. The molecule has 1 atom stereocenters. The average Bonchev–Trinajstić information content (AvgIpc) is 3.00. The van der Waals surface area contributed by atoms with Crippen molar-refractivity contribution < 1.29 is 9.59 Å². The molecule has 0 aromatic carbocycles. The van der Waals surface area contributed by atoms with Crippen LogP contribution in [0.25, 0.3) is 0 Å². The quantitative estimate of drug-likeness (QED) is 0.756. The Balaban J connectivity index is 1.97. The SMILES string of the molecule is CCCC(C(=O)Nc1nnc(CC)s1)N1CCN(C=O)CC1. The lowest BCUT2D eigenvalue weighted by Crippen LogP contribution is -2.53. The van der Waals surface area contributed by atoms with E-state index in [9.17, 15) is 9.59 Å². The normalized spacial score (nSPS) is 17.3. The van der Waals surface area contributed by atoms with E-state index in [1.54, 1.807) is 4.90 Å². The lowest BCUT2D eigenvalue weighted by atomic mass is 10.1. The number of hydrogen-bond acceptors (Lipinski definition) is 6. The van der Waals surface area contributed by atoms with Crippen LogP contribution in [0.15, 0.2) is 0 Å². The van der Waals surface area contributed by atoms with E-state index < -0.39 is 0 Å².